The van der Waals surface area contributed by atoms with Gasteiger partial charge in [-0.1, -0.05) is 0 Å². The molecule has 0 unspecified atom stereocenters. The number of aromatic nitrogens is 1. The van der Waals surface area contributed by atoms with E-state index in [0.717, 1.165) is 18.8 Å². The molecule has 24 heavy (non-hydrogen) atoms. The van der Waals surface area contributed by atoms with E-state index in [-0.39, 0.29) is 11.7 Å². The summed E-state index contributed by atoms with van der Waals surface area (Å²) in [5.74, 6) is -0.211. The molecule has 1 aromatic heterocycles. The summed E-state index contributed by atoms with van der Waals surface area (Å²) in [6, 6.07) is 1.65. The summed E-state index contributed by atoms with van der Waals surface area (Å²) < 4.78 is 5.44. The topological polar surface area (TPSA) is 83.0 Å². The zero-order chi connectivity index (χ0) is 17.5. The molecule has 2 saturated heterocycles. The maximum Gasteiger partial charge on any atom is 0.410 e. The highest BCUT2D eigenvalue weighted by Gasteiger charge is 2.42. The Morgan fingerprint density at radius 3 is 2.33 bits per heavy atom. The van der Waals surface area contributed by atoms with Crippen LogP contribution in [0.5, 0.6) is 0 Å². The molecule has 1 amide bonds. The Balaban J connectivity index is 1.62. The highest BCUT2D eigenvalue weighted by atomic mass is 16.6. The number of carboxylic acid groups (broad SMARTS) is 1. The van der Waals surface area contributed by atoms with E-state index in [1.165, 1.54) is 6.20 Å². The van der Waals surface area contributed by atoms with E-state index in [2.05, 4.69) is 9.88 Å². The first-order valence-electron chi connectivity index (χ1n) is 8.14. The van der Waals surface area contributed by atoms with Crippen molar-refractivity contribution >= 4 is 17.7 Å². The number of hydrogen-bond acceptors (Lipinski definition) is 5. The predicted octanol–water partition coefficient (Wildman–Crippen LogP) is 2.08. The van der Waals surface area contributed by atoms with Gasteiger partial charge in [-0.2, -0.15) is 0 Å². The summed E-state index contributed by atoms with van der Waals surface area (Å²) in [6.07, 6.45) is 2.80. The number of anilines is 1. The second kappa shape index (κ2) is 5.96. The molecule has 0 aromatic carbocycles. The van der Waals surface area contributed by atoms with E-state index in [0.29, 0.717) is 24.9 Å². The van der Waals surface area contributed by atoms with Gasteiger partial charge in [0.05, 0.1) is 17.4 Å². The molecule has 1 N–H and O–H groups in total. The number of carbonyl (C=O) groups is 2. The molecule has 2 atom stereocenters. The fraction of sp³-hybridized carbons (Fsp3) is 0.588. The molecule has 7 heteroatoms. The van der Waals surface area contributed by atoms with Gasteiger partial charge < -0.3 is 19.6 Å². The second-order valence-corrected chi connectivity index (χ2v) is 7.55. The fourth-order valence-electron chi connectivity index (χ4n) is 3.40. The Hall–Kier alpha value is -2.31. The molecule has 0 bridgehead atoms. The summed E-state index contributed by atoms with van der Waals surface area (Å²) in [7, 11) is 0. The fourth-order valence-corrected chi connectivity index (χ4v) is 3.40. The summed E-state index contributed by atoms with van der Waals surface area (Å²) in [5, 5.41) is 9.09. The number of hydrogen-bond donors (Lipinski definition) is 1. The van der Waals surface area contributed by atoms with Crippen LogP contribution in [0.3, 0.4) is 0 Å². The Bertz CT molecular complexity index is 641. The van der Waals surface area contributed by atoms with Crippen molar-refractivity contribution in [1.82, 2.24) is 9.88 Å². The van der Waals surface area contributed by atoms with Crippen molar-refractivity contribution in [2.45, 2.75) is 26.4 Å². The number of carbonyl (C=O) groups excluding carboxylic acids is 1. The monoisotopic (exact) mass is 333 g/mol. The van der Waals surface area contributed by atoms with Gasteiger partial charge in [0.25, 0.3) is 0 Å². The van der Waals surface area contributed by atoms with Crippen molar-refractivity contribution in [1.29, 1.82) is 0 Å². The number of rotatable bonds is 2. The second-order valence-electron chi connectivity index (χ2n) is 7.55. The molecular formula is C17H23N3O4. The number of aromatic carboxylic acids is 1. The van der Waals surface area contributed by atoms with Crippen LogP contribution >= 0.6 is 0 Å². The molecule has 0 spiro atoms. The molecule has 130 valence electrons. The lowest BCUT2D eigenvalue weighted by Gasteiger charge is -2.26. The first-order valence-corrected chi connectivity index (χ1v) is 8.14. The van der Waals surface area contributed by atoms with Crippen LogP contribution in [0.4, 0.5) is 10.5 Å². The quantitative estimate of drug-likeness (QED) is 0.892. The molecule has 0 radical (unpaired) electrons. The number of likely N-dealkylation sites (tertiary alicyclic amines) is 1. The molecule has 2 fully saturated rings. The lowest BCUT2D eigenvalue weighted by atomic mass is 10.0. The zero-order valence-corrected chi connectivity index (χ0v) is 14.2. The Kier molecular flexibility index (Phi) is 4.11. The van der Waals surface area contributed by atoms with Crippen LogP contribution in [0.15, 0.2) is 18.5 Å². The van der Waals surface area contributed by atoms with Gasteiger partial charge in [0.15, 0.2) is 0 Å². The third kappa shape index (κ3) is 3.44. The van der Waals surface area contributed by atoms with E-state index in [9.17, 15) is 9.59 Å². The van der Waals surface area contributed by atoms with Crippen molar-refractivity contribution in [2.75, 3.05) is 31.1 Å². The average Bonchev–Trinajstić information content (AvgIpc) is 3.04. The Morgan fingerprint density at radius 1 is 1.17 bits per heavy atom. The Morgan fingerprint density at radius 2 is 1.79 bits per heavy atom. The van der Waals surface area contributed by atoms with Gasteiger partial charge in [0, 0.05) is 44.2 Å². The minimum atomic E-state index is -0.972. The lowest BCUT2D eigenvalue weighted by molar-refractivity contribution is 0.0282. The van der Waals surface area contributed by atoms with E-state index >= 15 is 0 Å². The number of nitrogens with zero attached hydrogens (tertiary/aromatic N) is 3. The van der Waals surface area contributed by atoms with Crippen molar-refractivity contribution in [3.8, 4) is 0 Å². The van der Waals surface area contributed by atoms with Gasteiger partial charge >= 0.3 is 12.1 Å². The van der Waals surface area contributed by atoms with Crippen LogP contribution in [0, 0.1) is 11.8 Å². The van der Waals surface area contributed by atoms with Gasteiger partial charge in [-0.3, -0.25) is 4.98 Å². The molecule has 0 saturated carbocycles. The van der Waals surface area contributed by atoms with E-state index < -0.39 is 11.6 Å². The van der Waals surface area contributed by atoms with E-state index in [1.807, 2.05) is 20.8 Å². The molecule has 2 aliphatic rings. The Labute approximate surface area is 141 Å². The highest BCUT2D eigenvalue weighted by Crippen LogP contribution is 2.34. The minimum absolute atomic E-state index is 0.194. The third-order valence-corrected chi connectivity index (χ3v) is 4.47. The van der Waals surface area contributed by atoms with Crippen LogP contribution < -0.4 is 4.90 Å². The van der Waals surface area contributed by atoms with Gasteiger partial charge in [-0.05, 0) is 26.8 Å². The summed E-state index contributed by atoms with van der Waals surface area (Å²) in [4.78, 5) is 31.2. The van der Waals surface area contributed by atoms with Gasteiger partial charge in [0.2, 0.25) is 0 Å². The minimum Gasteiger partial charge on any atom is -0.478 e. The summed E-state index contributed by atoms with van der Waals surface area (Å²) in [6.45, 7) is 8.57. The largest absolute Gasteiger partial charge is 0.478 e. The number of amides is 1. The van der Waals surface area contributed by atoms with Crippen LogP contribution in [-0.4, -0.2) is 58.8 Å². The first-order chi connectivity index (χ1) is 11.2. The van der Waals surface area contributed by atoms with Crippen LogP contribution in [0.25, 0.3) is 0 Å². The molecule has 7 nitrogen and oxygen atoms in total. The maximum atomic E-state index is 12.2. The predicted molar refractivity (Wildman–Crippen MR) is 88.2 cm³/mol. The van der Waals surface area contributed by atoms with E-state index in [1.54, 1.807) is 17.2 Å². The van der Waals surface area contributed by atoms with Crippen LogP contribution in [0.1, 0.15) is 31.1 Å². The average molecular weight is 333 g/mol. The number of pyridine rings is 1. The number of ether oxygens (including phenoxy) is 1. The smallest absolute Gasteiger partial charge is 0.410 e. The van der Waals surface area contributed by atoms with Crippen LogP contribution in [0.2, 0.25) is 0 Å². The molecule has 3 rings (SSSR count). The van der Waals surface area contributed by atoms with Gasteiger partial charge in [-0.25, -0.2) is 9.59 Å². The summed E-state index contributed by atoms with van der Waals surface area (Å²) >= 11 is 0. The zero-order valence-electron chi connectivity index (χ0n) is 14.2. The van der Waals surface area contributed by atoms with Crippen molar-refractivity contribution < 1.29 is 19.4 Å². The van der Waals surface area contributed by atoms with Crippen LogP contribution in [-0.2, 0) is 4.74 Å². The molecule has 0 aliphatic carbocycles. The normalized spacial score (nSPS) is 23.3. The standard InChI is InChI=1S/C17H23N3O4/c1-17(2,3)24-16(23)20-9-12-7-19(8-13(12)10-20)14-4-11(15(21)22)5-18-6-14/h4-6,12-13H,7-10H2,1-3H3,(H,21,22)/t12-,13-/m1/s1. The molecule has 3 heterocycles. The van der Waals surface area contributed by atoms with Gasteiger partial charge in [-0.15, -0.1) is 0 Å². The number of fused-ring (bicyclic) bond motifs is 1. The van der Waals surface area contributed by atoms with Gasteiger partial charge in [0.1, 0.15) is 5.60 Å². The molecule has 2 aliphatic heterocycles. The van der Waals surface area contributed by atoms with Crippen molar-refractivity contribution in [3.63, 3.8) is 0 Å². The lowest BCUT2D eigenvalue weighted by Crippen LogP contribution is -2.37. The van der Waals surface area contributed by atoms with Crippen molar-refractivity contribution in [2.24, 2.45) is 11.8 Å². The molecule has 1 aromatic rings. The SMILES string of the molecule is CC(C)(C)OC(=O)N1C[C@H]2CN(c3cncc(C(=O)O)c3)C[C@@H]2C1. The van der Waals surface area contributed by atoms with E-state index in [4.69, 9.17) is 9.84 Å². The maximum absolute atomic E-state index is 12.2. The number of carboxylic acids is 1. The highest BCUT2D eigenvalue weighted by molar-refractivity contribution is 5.88. The third-order valence-electron chi connectivity index (χ3n) is 4.47. The summed E-state index contributed by atoms with van der Waals surface area (Å²) in [5.41, 5.74) is 0.539. The first kappa shape index (κ1) is 16.5. The molecular weight excluding hydrogens is 310 g/mol. The van der Waals surface area contributed by atoms with Crippen molar-refractivity contribution in [3.05, 3.63) is 24.0 Å².